The Bertz CT molecular complexity index is 1360. The number of halogens is 2. The van der Waals surface area contributed by atoms with E-state index in [1.54, 1.807) is 12.1 Å². The molecule has 30 heavy (non-hydrogen) atoms. The van der Waals surface area contributed by atoms with Crippen molar-refractivity contribution in [2.45, 2.75) is 18.3 Å². The second kappa shape index (κ2) is 7.01. The molecule has 2 aromatic heterocycles. The first-order valence-electron chi connectivity index (χ1n) is 9.26. The van der Waals surface area contributed by atoms with Gasteiger partial charge in [0.15, 0.2) is 5.65 Å². The van der Waals surface area contributed by atoms with Crippen LogP contribution in [0.3, 0.4) is 0 Å². The van der Waals surface area contributed by atoms with Crippen LogP contribution in [0.25, 0.3) is 5.65 Å². The molecule has 148 valence electrons. The Kier molecular flexibility index (Phi) is 4.42. The van der Waals surface area contributed by atoms with E-state index in [1.807, 2.05) is 36.4 Å². The number of hydrogen-bond acceptors (Lipinski definition) is 4. The maximum absolute atomic E-state index is 13.0. The Hall–Kier alpha value is -3.08. The molecule has 1 aliphatic carbocycles. The molecule has 1 N–H and O–H groups in total. The standard InChI is InChI=1S/C22H14BrClN4O2/c23-14-3-7-16(8-4-14)30-18-12-26-20-17(11-25)19(27-28(20)21(18)29)22(9-10-22)13-1-5-15(24)6-2-13/h1-8,12,27H,9-10H2. The zero-order chi connectivity index (χ0) is 20.9. The fraction of sp³-hybridized carbons (Fsp3) is 0.136. The van der Waals surface area contributed by atoms with Crippen molar-refractivity contribution in [3.8, 4) is 17.6 Å². The topological polar surface area (TPSA) is 83.2 Å². The number of fused-ring (bicyclic) bond motifs is 1. The number of nitrogens with zero attached hydrogens (tertiary/aromatic N) is 3. The van der Waals surface area contributed by atoms with Crippen LogP contribution in [-0.4, -0.2) is 14.6 Å². The fourth-order valence-electron chi connectivity index (χ4n) is 3.73. The van der Waals surface area contributed by atoms with E-state index < -0.39 is 5.56 Å². The monoisotopic (exact) mass is 480 g/mol. The van der Waals surface area contributed by atoms with Crippen LogP contribution in [0.15, 0.2) is 64.0 Å². The smallest absolute Gasteiger partial charge is 0.315 e. The largest absolute Gasteiger partial charge is 0.450 e. The molecule has 0 spiro atoms. The predicted molar refractivity (Wildman–Crippen MR) is 116 cm³/mol. The first-order chi connectivity index (χ1) is 14.5. The summed E-state index contributed by atoms with van der Waals surface area (Å²) < 4.78 is 7.92. The van der Waals surface area contributed by atoms with Gasteiger partial charge in [-0.15, -0.1) is 0 Å². The summed E-state index contributed by atoms with van der Waals surface area (Å²) >= 11 is 9.40. The van der Waals surface area contributed by atoms with Crippen LogP contribution in [0, 0.1) is 11.3 Å². The highest BCUT2D eigenvalue weighted by atomic mass is 79.9. The highest BCUT2D eigenvalue weighted by molar-refractivity contribution is 9.10. The number of H-pyrrole nitrogens is 1. The van der Waals surface area contributed by atoms with Gasteiger partial charge in [0.25, 0.3) is 0 Å². The molecule has 0 unspecified atom stereocenters. The second-order valence-corrected chi connectivity index (χ2v) is 8.56. The number of aromatic amines is 1. The summed E-state index contributed by atoms with van der Waals surface area (Å²) in [4.78, 5) is 17.4. The van der Waals surface area contributed by atoms with Gasteiger partial charge in [0.05, 0.1) is 11.9 Å². The third-order valence-electron chi connectivity index (χ3n) is 5.41. The van der Waals surface area contributed by atoms with Crippen LogP contribution >= 0.6 is 27.5 Å². The molecule has 2 aromatic carbocycles. The van der Waals surface area contributed by atoms with E-state index in [1.165, 1.54) is 10.7 Å². The average molecular weight is 482 g/mol. The second-order valence-electron chi connectivity index (χ2n) is 7.21. The molecular formula is C22H14BrClN4O2. The Labute approximate surface area is 184 Å². The van der Waals surface area contributed by atoms with Crippen LogP contribution in [-0.2, 0) is 5.41 Å². The highest BCUT2D eigenvalue weighted by Crippen LogP contribution is 2.54. The number of aromatic nitrogens is 3. The van der Waals surface area contributed by atoms with E-state index in [-0.39, 0.29) is 11.2 Å². The quantitative estimate of drug-likeness (QED) is 0.435. The fourth-order valence-corrected chi connectivity index (χ4v) is 4.12. The third kappa shape index (κ3) is 3.00. The van der Waals surface area contributed by atoms with Crippen LogP contribution < -0.4 is 10.3 Å². The molecule has 0 atom stereocenters. The van der Waals surface area contributed by atoms with E-state index in [4.69, 9.17) is 16.3 Å². The van der Waals surface area contributed by atoms with Gasteiger partial charge in [0.2, 0.25) is 5.75 Å². The zero-order valence-electron chi connectivity index (χ0n) is 15.5. The molecule has 0 radical (unpaired) electrons. The van der Waals surface area contributed by atoms with Crippen molar-refractivity contribution in [1.29, 1.82) is 5.26 Å². The maximum Gasteiger partial charge on any atom is 0.315 e. The van der Waals surface area contributed by atoms with E-state index in [0.717, 1.165) is 22.9 Å². The lowest BCUT2D eigenvalue weighted by Gasteiger charge is -2.14. The molecule has 1 saturated carbocycles. The minimum absolute atomic E-state index is 0.0726. The number of ether oxygens (including phenoxy) is 1. The lowest BCUT2D eigenvalue weighted by atomic mass is 9.90. The lowest BCUT2D eigenvalue weighted by molar-refractivity contribution is 0.469. The van der Waals surface area contributed by atoms with Crippen molar-refractivity contribution in [2.24, 2.45) is 0 Å². The molecule has 1 fully saturated rings. The number of rotatable bonds is 4. The molecule has 4 aromatic rings. The van der Waals surface area contributed by atoms with E-state index in [2.05, 4.69) is 32.1 Å². The Balaban J connectivity index is 1.62. The summed E-state index contributed by atoms with van der Waals surface area (Å²) in [6.45, 7) is 0. The minimum atomic E-state index is -0.405. The van der Waals surface area contributed by atoms with Gasteiger partial charge in [0, 0.05) is 14.9 Å². The zero-order valence-corrected chi connectivity index (χ0v) is 17.9. The summed E-state index contributed by atoms with van der Waals surface area (Å²) in [5, 5.41) is 13.6. The summed E-state index contributed by atoms with van der Waals surface area (Å²) in [6.07, 6.45) is 3.10. The van der Waals surface area contributed by atoms with Gasteiger partial charge in [-0.3, -0.25) is 9.89 Å². The number of hydrogen-bond donors (Lipinski definition) is 1. The normalized spacial score (nSPS) is 14.4. The minimum Gasteiger partial charge on any atom is -0.450 e. The number of benzene rings is 2. The molecule has 0 bridgehead atoms. The van der Waals surface area contributed by atoms with Gasteiger partial charge in [-0.05, 0) is 54.8 Å². The van der Waals surface area contributed by atoms with Crippen molar-refractivity contribution < 1.29 is 4.74 Å². The summed E-state index contributed by atoms with van der Waals surface area (Å²) in [5.41, 5.74) is 1.66. The number of nitrogens with one attached hydrogen (secondary N) is 1. The molecular weight excluding hydrogens is 468 g/mol. The number of nitriles is 1. The highest BCUT2D eigenvalue weighted by Gasteiger charge is 2.49. The van der Waals surface area contributed by atoms with Gasteiger partial charge >= 0.3 is 5.56 Å². The van der Waals surface area contributed by atoms with Crippen LogP contribution in [0.5, 0.6) is 11.5 Å². The molecule has 5 rings (SSSR count). The SMILES string of the molecule is N#Cc1c(C2(c3ccc(Cl)cc3)CC2)[nH]n2c(=O)c(Oc3ccc(Br)cc3)cnc12. The van der Waals surface area contributed by atoms with Crippen molar-refractivity contribution in [3.05, 3.63) is 91.4 Å². The van der Waals surface area contributed by atoms with Crippen molar-refractivity contribution in [3.63, 3.8) is 0 Å². The van der Waals surface area contributed by atoms with E-state index >= 15 is 0 Å². The molecule has 2 heterocycles. The van der Waals surface area contributed by atoms with Crippen molar-refractivity contribution in [2.75, 3.05) is 0 Å². The third-order valence-corrected chi connectivity index (χ3v) is 6.19. The molecule has 1 aliphatic rings. The van der Waals surface area contributed by atoms with Crippen LogP contribution in [0.1, 0.15) is 29.7 Å². The molecule has 8 heteroatoms. The molecule has 0 aliphatic heterocycles. The van der Waals surface area contributed by atoms with Gasteiger partial charge < -0.3 is 4.74 Å². The maximum atomic E-state index is 13.0. The summed E-state index contributed by atoms with van der Waals surface area (Å²) in [6, 6.07) is 16.9. The van der Waals surface area contributed by atoms with Gasteiger partial charge in [-0.1, -0.05) is 39.7 Å². The predicted octanol–water partition coefficient (Wildman–Crippen LogP) is 5.18. The first kappa shape index (κ1) is 18.9. The molecule has 6 nitrogen and oxygen atoms in total. The van der Waals surface area contributed by atoms with E-state index in [9.17, 15) is 10.1 Å². The van der Waals surface area contributed by atoms with Gasteiger partial charge in [-0.25, -0.2) is 4.98 Å². The van der Waals surface area contributed by atoms with Gasteiger partial charge in [-0.2, -0.15) is 9.78 Å². The van der Waals surface area contributed by atoms with Crippen molar-refractivity contribution >= 4 is 33.2 Å². The summed E-state index contributed by atoms with van der Waals surface area (Å²) in [7, 11) is 0. The van der Waals surface area contributed by atoms with E-state index in [0.29, 0.717) is 27.7 Å². The van der Waals surface area contributed by atoms with Crippen LogP contribution in [0.4, 0.5) is 0 Å². The van der Waals surface area contributed by atoms with Crippen LogP contribution in [0.2, 0.25) is 5.02 Å². The Morgan fingerprint density at radius 1 is 1.17 bits per heavy atom. The lowest BCUT2D eigenvalue weighted by Crippen LogP contribution is -2.17. The average Bonchev–Trinajstić information content (AvgIpc) is 3.46. The van der Waals surface area contributed by atoms with Gasteiger partial charge in [0.1, 0.15) is 17.4 Å². The molecule has 0 amide bonds. The van der Waals surface area contributed by atoms with Crippen molar-refractivity contribution in [1.82, 2.24) is 14.6 Å². The summed E-state index contributed by atoms with van der Waals surface area (Å²) in [5.74, 6) is 0.590. The first-order valence-corrected chi connectivity index (χ1v) is 10.4. The Morgan fingerprint density at radius 2 is 1.87 bits per heavy atom. The Morgan fingerprint density at radius 3 is 2.50 bits per heavy atom. The molecule has 0 saturated heterocycles.